The van der Waals surface area contributed by atoms with Crippen LogP contribution in [0.4, 0.5) is 0 Å². The molecule has 0 amide bonds. The van der Waals surface area contributed by atoms with Gasteiger partial charge in [-0.1, -0.05) is 6.07 Å². The van der Waals surface area contributed by atoms with Crippen LogP contribution in [-0.4, -0.2) is 0 Å². The summed E-state index contributed by atoms with van der Waals surface area (Å²) < 4.78 is 9.85. The Balaban J connectivity index is 2.54. The molecule has 1 heterocycles. The van der Waals surface area contributed by atoms with Crippen molar-refractivity contribution in [3.05, 3.63) is 31.1 Å². The normalized spacial score (nSPS) is 13.8. The number of hydrogen-bond acceptors (Lipinski definition) is 2. The predicted octanol–water partition coefficient (Wildman–Crippen LogP) is 1.38. The molecule has 2 rings (SSSR count). The smallest absolute Gasteiger partial charge is 0.316 e. The monoisotopic (exact) mass is 120 g/mol. The first-order valence-electron chi connectivity index (χ1n) is 2.62. The van der Waals surface area contributed by atoms with E-state index in [4.69, 9.17) is 9.47 Å². The third-order valence-electron chi connectivity index (χ3n) is 1.14. The van der Waals surface area contributed by atoms with Crippen LogP contribution >= 0.6 is 0 Å². The molecule has 9 heavy (non-hydrogen) atoms. The van der Waals surface area contributed by atoms with Crippen molar-refractivity contribution in [3.63, 3.8) is 0 Å². The van der Waals surface area contributed by atoms with Gasteiger partial charge in [0.25, 0.3) is 0 Å². The summed E-state index contributed by atoms with van der Waals surface area (Å²) in [5, 5.41) is 0. The van der Waals surface area contributed by atoms with E-state index in [1.165, 1.54) is 6.79 Å². The van der Waals surface area contributed by atoms with E-state index in [1.807, 2.05) is 0 Å². The Bertz CT molecular complexity index is 197. The highest BCUT2D eigenvalue weighted by Crippen LogP contribution is 2.31. The lowest BCUT2D eigenvalue weighted by atomic mass is 10.3. The van der Waals surface area contributed by atoms with Gasteiger partial charge in [0.1, 0.15) is 0 Å². The van der Waals surface area contributed by atoms with Gasteiger partial charge in [-0.15, -0.1) is 0 Å². The van der Waals surface area contributed by atoms with E-state index in [-0.39, 0.29) is 0 Å². The average Bonchev–Trinajstić information content (AvgIpc) is 2.33. The van der Waals surface area contributed by atoms with E-state index in [0.29, 0.717) is 0 Å². The molecular formula is C7H4O2. The summed E-state index contributed by atoms with van der Waals surface area (Å²) in [5.74, 6) is 1.49. The van der Waals surface area contributed by atoms with Crippen molar-refractivity contribution in [3.8, 4) is 11.5 Å². The van der Waals surface area contributed by atoms with Gasteiger partial charge in [0.15, 0.2) is 11.5 Å². The van der Waals surface area contributed by atoms with Crippen LogP contribution in [0, 0.1) is 12.9 Å². The van der Waals surface area contributed by atoms with Crippen LogP contribution in [0.25, 0.3) is 0 Å². The minimum atomic E-state index is 0.734. The summed E-state index contributed by atoms with van der Waals surface area (Å²) in [4.78, 5) is 0. The first kappa shape index (κ1) is 4.68. The van der Waals surface area contributed by atoms with Crippen LogP contribution in [0.2, 0.25) is 0 Å². The quantitative estimate of drug-likeness (QED) is 0.515. The van der Waals surface area contributed by atoms with Crippen LogP contribution in [0.3, 0.4) is 0 Å². The van der Waals surface area contributed by atoms with Gasteiger partial charge in [-0.25, -0.2) is 0 Å². The molecule has 0 fully saturated rings. The van der Waals surface area contributed by atoms with Crippen molar-refractivity contribution in [2.75, 3.05) is 0 Å². The highest BCUT2D eigenvalue weighted by Gasteiger charge is 2.11. The molecule has 0 N–H and O–H groups in total. The van der Waals surface area contributed by atoms with E-state index in [0.717, 1.165) is 11.5 Å². The molecule has 2 heteroatoms. The van der Waals surface area contributed by atoms with Gasteiger partial charge in [0.2, 0.25) is 0 Å². The number of benzene rings is 1. The Morgan fingerprint density at radius 3 is 3.00 bits per heavy atom. The summed E-state index contributed by atoms with van der Waals surface area (Å²) in [6.45, 7) is 1.30. The molecule has 0 aromatic heterocycles. The Labute approximate surface area is 53.0 Å². The third kappa shape index (κ3) is 0.633. The molecule has 44 valence electrons. The van der Waals surface area contributed by atoms with Gasteiger partial charge in [0, 0.05) is 0 Å². The Morgan fingerprint density at radius 1 is 1.22 bits per heavy atom. The molecule has 0 spiro atoms. The van der Waals surface area contributed by atoms with Gasteiger partial charge in [0.05, 0.1) is 0 Å². The summed E-state index contributed by atoms with van der Waals surface area (Å²) >= 11 is 0. The van der Waals surface area contributed by atoms with Crippen molar-refractivity contribution in [2.45, 2.75) is 0 Å². The number of fused-ring (bicyclic) bond motifs is 1. The largest absolute Gasteiger partial charge is 0.444 e. The summed E-state index contributed by atoms with van der Waals surface area (Å²) in [6.07, 6.45) is 0. The second-order valence-corrected chi connectivity index (χ2v) is 1.70. The molecule has 1 aliphatic rings. The van der Waals surface area contributed by atoms with Gasteiger partial charge in [-0.05, 0) is 18.2 Å². The Hall–Kier alpha value is -1.18. The molecule has 1 aromatic carbocycles. The second-order valence-electron chi connectivity index (χ2n) is 1.70. The van der Waals surface area contributed by atoms with Crippen LogP contribution in [-0.2, 0) is 0 Å². The van der Waals surface area contributed by atoms with Gasteiger partial charge in [-0.3, -0.25) is 0 Å². The standard InChI is InChI=1S/C7H4O2/c1-2-4-7-6(3-1)8-5-9-7/h1,3-5H. The van der Waals surface area contributed by atoms with Gasteiger partial charge in [-0.2, -0.15) is 0 Å². The molecule has 0 unspecified atom stereocenters. The molecule has 0 saturated carbocycles. The molecule has 2 nitrogen and oxygen atoms in total. The molecule has 0 bridgehead atoms. The van der Waals surface area contributed by atoms with Crippen LogP contribution in [0.15, 0.2) is 18.2 Å². The Kier molecular flexibility index (Phi) is 0.859. The zero-order chi connectivity index (χ0) is 6.10. The maximum atomic E-state index is 4.93. The summed E-state index contributed by atoms with van der Waals surface area (Å²) in [7, 11) is 0. The van der Waals surface area contributed by atoms with Crippen molar-refractivity contribution in [1.82, 2.24) is 0 Å². The minimum absolute atomic E-state index is 0.734. The topological polar surface area (TPSA) is 18.5 Å². The van der Waals surface area contributed by atoms with Crippen molar-refractivity contribution < 1.29 is 9.47 Å². The highest BCUT2D eigenvalue weighted by molar-refractivity contribution is 5.41. The van der Waals surface area contributed by atoms with Gasteiger partial charge >= 0.3 is 6.79 Å². The third-order valence-corrected chi connectivity index (χ3v) is 1.14. The zero-order valence-electron chi connectivity index (χ0n) is 4.63. The van der Waals surface area contributed by atoms with E-state index in [1.54, 1.807) is 18.2 Å². The fraction of sp³-hybridized carbons (Fsp3) is 0. The fourth-order valence-corrected chi connectivity index (χ4v) is 0.718. The number of hydrogen-bond donors (Lipinski definition) is 0. The lowest BCUT2D eigenvalue weighted by Gasteiger charge is -1.88. The number of rotatable bonds is 0. The van der Waals surface area contributed by atoms with Crippen LogP contribution in [0.1, 0.15) is 0 Å². The van der Waals surface area contributed by atoms with Crippen LogP contribution in [0.5, 0.6) is 11.5 Å². The minimum Gasteiger partial charge on any atom is -0.444 e. The number of ether oxygens (including phenoxy) is 2. The van der Waals surface area contributed by atoms with E-state index in [9.17, 15) is 0 Å². The lowest BCUT2D eigenvalue weighted by molar-refractivity contribution is 0.270. The molecule has 1 aliphatic heterocycles. The maximum Gasteiger partial charge on any atom is 0.316 e. The highest BCUT2D eigenvalue weighted by atomic mass is 16.7. The van der Waals surface area contributed by atoms with Crippen molar-refractivity contribution in [2.24, 2.45) is 0 Å². The predicted molar refractivity (Wildman–Crippen MR) is 30.8 cm³/mol. The molecule has 1 aromatic rings. The SMILES string of the molecule is [c]1ccc2c(c1)O[CH]O2. The molecule has 0 aliphatic carbocycles. The lowest BCUT2D eigenvalue weighted by Crippen LogP contribution is -1.82. The van der Waals surface area contributed by atoms with E-state index >= 15 is 0 Å². The molecular weight excluding hydrogens is 116 g/mol. The van der Waals surface area contributed by atoms with Crippen LogP contribution < -0.4 is 9.47 Å². The van der Waals surface area contributed by atoms with E-state index < -0.39 is 0 Å². The molecule has 0 saturated heterocycles. The van der Waals surface area contributed by atoms with E-state index in [2.05, 4.69) is 6.07 Å². The average molecular weight is 120 g/mol. The first-order valence-corrected chi connectivity index (χ1v) is 2.62. The first-order chi connectivity index (χ1) is 4.47. The molecule has 2 radical (unpaired) electrons. The summed E-state index contributed by atoms with van der Waals surface area (Å²) in [5.41, 5.74) is 0. The summed E-state index contributed by atoms with van der Waals surface area (Å²) in [6, 6.07) is 8.19. The zero-order valence-corrected chi connectivity index (χ0v) is 4.63. The fourth-order valence-electron chi connectivity index (χ4n) is 0.718. The molecule has 0 atom stereocenters. The maximum absolute atomic E-state index is 4.93. The second kappa shape index (κ2) is 1.65. The Morgan fingerprint density at radius 2 is 2.11 bits per heavy atom. The van der Waals surface area contributed by atoms with Crippen molar-refractivity contribution >= 4 is 0 Å². The van der Waals surface area contributed by atoms with Gasteiger partial charge < -0.3 is 9.47 Å². The van der Waals surface area contributed by atoms with Crippen molar-refractivity contribution in [1.29, 1.82) is 0 Å².